The van der Waals surface area contributed by atoms with Crippen LogP contribution in [0.15, 0.2) is 18.2 Å². The van der Waals surface area contributed by atoms with E-state index in [0.717, 1.165) is 44.9 Å². The first-order chi connectivity index (χ1) is 11.0. The summed E-state index contributed by atoms with van der Waals surface area (Å²) in [4.78, 5) is 12.3. The molecule has 0 aliphatic heterocycles. The van der Waals surface area contributed by atoms with Gasteiger partial charge in [0.05, 0.1) is 6.10 Å². The van der Waals surface area contributed by atoms with Crippen LogP contribution in [-0.2, 0) is 43.9 Å². The first-order valence-electron chi connectivity index (χ1n) is 9.08. The Morgan fingerprint density at radius 2 is 1.75 bits per heavy atom. The molecule has 0 spiro atoms. The van der Waals surface area contributed by atoms with Crippen LogP contribution in [-0.4, -0.2) is 17.0 Å². The number of aryl methyl sites for hydroxylation is 3. The van der Waals surface area contributed by atoms with E-state index in [9.17, 15) is 9.90 Å². The molecule has 1 N–H and O–H groups in total. The number of ketones is 1. The largest absolute Gasteiger partial charge is 0.392 e. The van der Waals surface area contributed by atoms with Gasteiger partial charge in [0.2, 0.25) is 0 Å². The fourth-order valence-corrected chi connectivity index (χ4v) is 4.05. The van der Waals surface area contributed by atoms with E-state index in [2.05, 4.69) is 39.0 Å². The van der Waals surface area contributed by atoms with Gasteiger partial charge in [-0.15, -0.1) is 0 Å². The second-order valence-corrected chi connectivity index (χ2v) is 7.25. The minimum atomic E-state index is -0.425. The fraction of sp³-hybridized carbons (Fsp3) is 0.619. The van der Waals surface area contributed by atoms with Crippen molar-refractivity contribution in [1.29, 1.82) is 0 Å². The molecular formula is C21H31O2Y-. The van der Waals surface area contributed by atoms with Crippen LogP contribution >= 0.6 is 0 Å². The molecule has 0 bridgehead atoms. The van der Waals surface area contributed by atoms with Gasteiger partial charge in [0.1, 0.15) is 5.78 Å². The van der Waals surface area contributed by atoms with Gasteiger partial charge in [-0.1, -0.05) is 48.6 Å². The number of carbonyl (C=O) groups is 1. The molecule has 1 aromatic rings. The Labute approximate surface area is 172 Å². The maximum atomic E-state index is 12.3. The molecular weight excluding hydrogens is 373 g/mol. The van der Waals surface area contributed by atoms with Crippen LogP contribution in [0.1, 0.15) is 61.6 Å². The zero-order chi connectivity index (χ0) is 16.8. The first-order valence-corrected chi connectivity index (χ1v) is 9.08. The predicted octanol–water partition coefficient (Wildman–Crippen LogP) is 4.58. The molecule has 24 heavy (non-hydrogen) atoms. The standard InChI is InChI=1S/C21H31O2.Y/c1-4-5-6-7-8-18-19(21(23)14-20(18)22)10-9-17-12-15(2)11-16(3)13-17;/h11-13,18-20,22H,1,4-10,14H2,2-3H3;/q-1;/t18-,19-,20?;/m1./s1. The summed E-state index contributed by atoms with van der Waals surface area (Å²) in [5, 5.41) is 10.2. The van der Waals surface area contributed by atoms with Gasteiger partial charge in [0.25, 0.3) is 0 Å². The molecule has 131 valence electrons. The van der Waals surface area contributed by atoms with E-state index in [-0.39, 0.29) is 50.3 Å². The number of rotatable bonds is 8. The van der Waals surface area contributed by atoms with E-state index < -0.39 is 6.10 Å². The van der Waals surface area contributed by atoms with E-state index in [4.69, 9.17) is 0 Å². The molecule has 1 radical (unpaired) electrons. The van der Waals surface area contributed by atoms with Gasteiger partial charge < -0.3 is 12.0 Å². The smallest absolute Gasteiger partial charge is 0.138 e. The van der Waals surface area contributed by atoms with E-state index in [1.54, 1.807) is 0 Å². The first kappa shape index (κ1) is 22.0. The molecule has 0 amide bonds. The zero-order valence-corrected chi connectivity index (χ0v) is 18.1. The third-order valence-corrected chi connectivity index (χ3v) is 5.15. The van der Waals surface area contributed by atoms with Crippen LogP contribution in [0.4, 0.5) is 0 Å². The van der Waals surface area contributed by atoms with E-state index in [1.165, 1.54) is 16.7 Å². The number of aliphatic hydroxyl groups excluding tert-OH is 1. The van der Waals surface area contributed by atoms with E-state index >= 15 is 0 Å². The fourth-order valence-electron chi connectivity index (χ4n) is 4.05. The van der Waals surface area contributed by atoms with Crippen molar-refractivity contribution in [3.05, 3.63) is 41.8 Å². The summed E-state index contributed by atoms with van der Waals surface area (Å²) < 4.78 is 0. The minimum absolute atomic E-state index is 0. The number of carbonyl (C=O) groups excluding carboxylic acids is 1. The molecule has 3 atom stereocenters. The van der Waals surface area contributed by atoms with Gasteiger partial charge in [-0.25, -0.2) is 0 Å². The van der Waals surface area contributed by atoms with Crippen LogP contribution in [0.5, 0.6) is 0 Å². The van der Waals surface area contributed by atoms with Gasteiger partial charge in [-0.3, -0.25) is 4.79 Å². The van der Waals surface area contributed by atoms with Crippen molar-refractivity contribution in [2.45, 2.75) is 71.3 Å². The van der Waals surface area contributed by atoms with Crippen molar-refractivity contribution >= 4 is 5.78 Å². The molecule has 2 rings (SSSR count). The molecule has 1 aliphatic rings. The SMILES string of the molecule is [CH2-]CCCCC[C@H]1C(O)CC(=O)[C@@H]1CCc1cc(C)cc(C)c1.[Y]. The van der Waals surface area contributed by atoms with Crippen molar-refractivity contribution in [3.8, 4) is 0 Å². The molecule has 3 heteroatoms. The maximum Gasteiger partial charge on any atom is 0.138 e. The zero-order valence-electron chi connectivity index (χ0n) is 15.3. The van der Waals surface area contributed by atoms with Crippen LogP contribution in [0.25, 0.3) is 0 Å². The molecule has 1 aromatic carbocycles. The molecule has 1 aliphatic carbocycles. The van der Waals surface area contributed by atoms with E-state index in [1.807, 2.05) is 0 Å². The van der Waals surface area contributed by atoms with Crippen molar-refractivity contribution in [2.24, 2.45) is 11.8 Å². The van der Waals surface area contributed by atoms with Gasteiger partial charge >= 0.3 is 0 Å². The molecule has 2 nitrogen and oxygen atoms in total. The van der Waals surface area contributed by atoms with Crippen LogP contribution in [0, 0.1) is 32.6 Å². The normalized spacial score (nSPS) is 23.3. The van der Waals surface area contributed by atoms with Crippen LogP contribution in [0.3, 0.4) is 0 Å². The van der Waals surface area contributed by atoms with Gasteiger partial charge in [-0.05, 0) is 44.6 Å². The second kappa shape index (κ2) is 10.8. The number of Topliss-reactive ketones (excluding diaryl/α,β-unsaturated/α-hetero) is 1. The Bertz CT molecular complexity index is 506. The number of hydrogen-bond donors (Lipinski definition) is 1. The molecule has 0 aromatic heterocycles. The summed E-state index contributed by atoms with van der Waals surface area (Å²) in [6, 6.07) is 6.61. The van der Waals surface area contributed by atoms with Crippen molar-refractivity contribution in [2.75, 3.05) is 0 Å². The topological polar surface area (TPSA) is 37.3 Å². The van der Waals surface area contributed by atoms with E-state index in [0.29, 0.717) is 6.42 Å². The average Bonchev–Trinajstić information content (AvgIpc) is 2.74. The quantitative estimate of drug-likeness (QED) is 0.509. The Hall–Kier alpha value is -0.0461. The number of hydrogen-bond acceptors (Lipinski definition) is 2. The maximum absolute atomic E-state index is 12.3. The van der Waals surface area contributed by atoms with Crippen molar-refractivity contribution in [3.63, 3.8) is 0 Å². The average molecular weight is 404 g/mol. The molecule has 1 fully saturated rings. The predicted molar refractivity (Wildman–Crippen MR) is 95.3 cm³/mol. The number of aliphatic hydroxyl groups is 1. The summed E-state index contributed by atoms with van der Waals surface area (Å²) in [6.07, 6.45) is 7.09. The number of benzene rings is 1. The van der Waals surface area contributed by atoms with Crippen LogP contribution in [0.2, 0.25) is 0 Å². The third-order valence-electron chi connectivity index (χ3n) is 5.15. The molecule has 0 heterocycles. The van der Waals surface area contributed by atoms with Crippen molar-refractivity contribution < 1.29 is 42.6 Å². The summed E-state index contributed by atoms with van der Waals surface area (Å²) >= 11 is 0. The summed E-state index contributed by atoms with van der Waals surface area (Å²) in [7, 11) is 0. The molecule has 1 unspecified atom stereocenters. The monoisotopic (exact) mass is 404 g/mol. The van der Waals surface area contributed by atoms with Crippen LogP contribution < -0.4 is 0 Å². The van der Waals surface area contributed by atoms with Gasteiger partial charge in [0, 0.05) is 45.0 Å². The summed E-state index contributed by atoms with van der Waals surface area (Å²) in [5.41, 5.74) is 3.87. The Morgan fingerprint density at radius 3 is 2.38 bits per heavy atom. The third kappa shape index (κ3) is 6.35. The minimum Gasteiger partial charge on any atom is -0.392 e. The number of unbranched alkanes of at least 4 members (excludes halogenated alkanes) is 3. The van der Waals surface area contributed by atoms with Crippen molar-refractivity contribution in [1.82, 2.24) is 0 Å². The Morgan fingerprint density at radius 1 is 1.08 bits per heavy atom. The Balaban J connectivity index is 0.00000288. The summed E-state index contributed by atoms with van der Waals surface area (Å²) in [6.45, 7) is 8.11. The Kier molecular flexibility index (Phi) is 9.93. The van der Waals surface area contributed by atoms with Gasteiger partial charge in [0.15, 0.2) is 0 Å². The molecule has 1 saturated carbocycles. The molecule has 0 saturated heterocycles. The van der Waals surface area contributed by atoms with Gasteiger partial charge in [-0.2, -0.15) is 6.42 Å². The summed E-state index contributed by atoms with van der Waals surface area (Å²) in [5.74, 6) is 0.479. The second-order valence-electron chi connectivity index (χ2n) is 7.25.